The molecule has 0 amide bonds. The van der Waals surface area contributed by atoms with Gasteiger partial charge < -0.3 is 9.88 Å². The number of carbonyl (C=O) groups excluding carboxylic acids is 1. The van der Waals surface area contributed by atoms with E-state index >= 15 is 0 Å². The van der Waals surface area contributed by atoms with Gasteiger partial charge in [0.25, 0.3) is 0 Å². The second-order valence-corrected chi connectivity index (χ2v) is 6.20. The number of rotatable bonds is 5. The van der Waals surface area contributed by atoms with E-state index in [1.165, 1.54) is 12.8 Å². The normalized spacial score (nSPS) is 19.7. The molecule has 1 fully saturated rings. The quantitative estimate of drug-likeness (QED) is 0.857. The molecule has 4 heteroatoms. The first-order valence-electron chi connectivity index (χ1n) is 7.63. The fourth-order valence-electron chi connectivity index (χ4n) is 3.30. The van der Waals surface area contributed by atoms with Crippen molar-refractivity contribution >= 4 is 16.7 Å². The largest absolute Gasteiger partial charge is 0.360 e. The molecule has 1 unspecified atom stereocenters. The Morgan fingerprint density at radius 3 is 3.00 bits per heavy atom. The molecule has 1 aliphatic heterocycles. The SMILES string of the molecule is CN(C)CC1CCCN1CC(=O)c1c[nH]c2ccccc12. The predicted molar refractivity (Wildman–Crippen MR) is 85.8 cm³/mol. The summed E-state index contributed by atoms with van der Waals surface area (Å²) in [7, 11) is 4.19. The van der Waals surface area contributed by atoms with Crippen molar-refractivity contribution in [1.29, 1.82) is 0 Å². The van der Waals surface area contributed by atoms with Crippen molar-refractivity contribution < 1.29 is 4.79 Å². The lowest BCUT2D eigenvalue weighted by Crippen LogP contribution is -2.40. The molecule has 112 valence electrons. The third-order valence-electron chi connectivity index (χ3n) is 4.31. The fraction of sp³-hybridized carbons (Fsp3) is 0.471. The number of fused-ring (bicyclic) bond motifs is 1. The molecule has 0 spiro atoms. The van der Waals surface area contributed by atoms with Crippen molar-refractivity contribution in [3.05, 3.63) is 36.0 Å². The van der Waals surface area contributed by atoms with E-state index in [0.29, 0.717) is 12.6 Å². The number of ketones is 1. The molecular weight excluding hydrogens is 262 g/mol. The molecule has 2 heterocycles. The minimum Gasteiger partial charge on any atom is -0.360 e. The third kappa shape index (κ3) is 3.01. The summed E-state index contributed by atoms with van der Waals surface area (Å²) in [6, 6.07) is 8.50. The molecule has 1 atom stereocenters. The van der Waals surface area contributed by atoms with Crippen LogP contribution in [0.3, 0.4) is 0 Å². The monoisotopic (exact) mass is 285 g/mol. The summed E-state index contributed by atoms with van der Waals surface area (Å²) >= 11 is 0. The molecule has 0 saturated carbocycles. The number of Topliss-reactive ketones (excluding diaryl/α,β-unsaturated/α-hetero) is 1. The van der Waals surface area contributed by atoms with Gasteiger partial charge in [-0.2, -0.15) is 0 Å². The van der Waals surface area contributed by atoms with E-state index in [9.17, 15) is 4.79 Å². The molecule has 1 aliphatic rings. The van der Waals surface area contributed by atoms with Crippen LogP contribution < -0.4 is 0 Å². The van der Waals surface area contributed by atoms with E-state index in [4.69, 9.17) is 0 Å². The lowest BCUT2D eigenvalue weighted by atomic mass is 10.1. The number of aromatic nitrogens is 1. The highest BCUT2D eigenvalue weighted by Crippen LogP contribution is 2.21. The first-order chi connectivity index (χ1) is 10.1. The Morgan fingerprint density at radius 2 is 2.19 bits per heavy atom. The number of likely N-dealkylation sites (N-methyl/N-ethyl adjacent to an activating group) is 1. The van der Waals surface area contributed by atoms with Crippen molar-refractivity contribution in [2.45, 2.75) is 18.9 Å². The standard InChI is InChI=1S/C17H23N3O/c1-19(2)11-13-6-5-9-20(13)12-17(21)15-10-18-16-8-4-3-7-14(15)16/h3-4,7-8,10,13,18H,5-6,9,11-12H2,1-2H3. The molecule has 1 aromatic carbocycles. The Balaban J connectivity index is 1.74. The van der Waals surface area contributed by atoms with Crippen molar-refractivity contribution in [3.63, 3.8) is 0 Å². The smallest absolute Gasteiger partial charge is 0.178 e. The van der Waals surface area contributed by atoms with Gasteiger partial charge in [-0.3, -0.25) is 9.69 Å². The van der Waals surface area contributed by atoms with E-state index < -0.39 is 0 Å². The molecule has 4 nitrogen and oxygen atoms in total. The minimum atomic E-state index is 0.220. The number of H-pyrrole nitrogens is 1. The summed E-state index contributed by atoms with van der Waals surface area (Å²) < 4.78 is 0. The number of benzene rings is 1. The number of aromatic amines is 1. The van der Waals surface area contributed by atoms with Gasteiger partial charge in [0.05, 0.1) is 6.54 Å². The van der Waals surface area contributed by atoms with Crippen LogP contribution in [-0.2, 0) is 0 Å². The first-order valence-corrected chi connectivity index (χ1v) is 7.63. The van der Waals surface area contributed by atoms with Crippen molar-refractivity contribution in [3.8, 4) is 0 Å². The van der Waals surface area contributed by atoms with Crippen LogP contribution in [0.1, 0.15) is 23.2 Å². The molecule has 1 N–H and O–H groups in total. The molecule has 21 heavy (non-hydrogen) atoms. The van der Waals surface area contributed by atoms with Crippen molar-refractivity contribution in [2.24, 2.45) is 0 Å². The van der Waals surface area contributed by atoms with Crippen LogP contribution in [0, 0.1) is 0 Å². The molecule has 0 bridgehead atoms. The lowest BCUT2D eigenvalue weighted by molar-refractivity contribution is 0.0912. The highest BCUT2D eigenvalue weighted by molar-refractivity contribution is 6.08. The number of hydrogen-bond donors (Lipinski definition) is 1. The zero-order valence-corrected chi connectivity index (χ0v) is 12.8. The van der Waals surface area contributed by atoms with Gasteiger partial charge in [-0.15, -0.1) is 0 Å². The summed E-state index contributed by atoms with van der Waals surface area (Å²) in [5, 5.41) is 1.03. The van der Waals surface area contributed by atoms with Crippen LogP contribution in [0.15, 0.2) is 30.5 Å². The summed E-state index contributed by atoms with van der Waals surface area (Å²) in [6.45, 7) is 2.59. The second-order valence-electron chi connectivity index (χ2n) is 6.20. The maximum absolute atomic E-state index is 12.6. The number of nitrogens with zero attached hydrogens (tertiary/aromatic N) is 2. The Labute approximate surface area is 125 Å². The zero-order chi connectivity index (χ0) is 14.8. The topological polar surface area (TPSA) is 39.3 Å². The Morgan fingerprint density at radius 1 is 1.38 bits per heavy atom. The number of likely N-dealkylation sites (tertiary alicyclic amines) is 1. The van der Waals surface area contributed by atoms with Gasteiger partial charge in [0, 0.05) is 35.2 Å². The number of nitrogens with one attached hydrogen (secondary N) is 1. The molecule has 3 rings (SSSR count). The van der Waals surface area contributed by atoms with Gasteiger partial charge in [0.15, 0.2) is 5.78 Å². The average molecular weight is 285 g/mol. The fourth-order valence-corrected chi connectivity index (χ4v) is 3.30. The Kier molecular flexibility index (Phi) is 4.08. The lowest BCUT2D eigenvalue weighted by Gasteiger charge is -2.26. The van der Waals surface area contributed by atoms with Crippen LogP contribution in [0.4, 0.5) is 0 Å². The molecule has 0 aliphatic carbocycles. The minimum absolute atomic E-state index is 0.220. The van der Waals surface area contributed by atoms with Crippen LogP contribution >= 0.6 is 0 Å². The number of para-hydroxylation sites is 1. The van der Waals surface area contributed by atoms with E-state index in [0.717, 1.165) is 29.6 Å². The second kappa shape index (κ2) is 6.00. The average Bonchev–Trinajstić information content (AvgIpc) is 3.05. The van der Waals surface area contributed by atoms with Gasteiger partial charge >= 0.3 is 0 Å². The number of carbonyl (C=O) groups is 1. The molecule has 1 saturated heterocycles. The highest BCUT2D eigenvalue weighted by Gasteiger charge is 2.27. The van der Waals surface area contributed by atoms with Crippen LogP contribution in [0.2, 0.25) is 0 Å². The van der Waals surface area contributed by atoms with Crippen molar-refractivity contribution in [2.75, 3.05) is 33.7 Å². The van der Waals surface area contributed by atoms with E-state index in [1.807, 2.05) is 30.5 Å². The predicted octanol–water partition coefficient (Wildman–Crippen LogP) is 2.38. The van der Waals surface area contributed by atoms with E-state index in [2.05, 4.69) is 28.9 Å². The van der Waals surface area contributed by atoms with Crippen LogP contribution in [0.5, 0.6) is 0 Å². The van der Waals surface area contributed by atoms with Crippen LogP contribution in [0.25, 0.3) is 10.9 Å². The zero-order valence-electron chi connectivity index (χ0n) is 12.8. The van der Waals surface area contributed by atoms with E-state index in [-0.39, 0.29) is 5.78 Å². The van der Waals surface area contributed by atoms with Gasteiger partial charge in [-0.1, -0.05) is 18.2 Å². The maximum atomic E-state index is 12.6. The Bertz CT molecular complexity index is 632. The highest BCUT2D eigenvalue weighted by atomic mass is 16.1. The molecule has 0 radical (unpaired) electrons. The Hall–Kier alpha value is -1.65. The van der Waals surface area contributed by atoms with E-state index in [1.54, 1.807) is 0 Å². The summed E-state index contributed by atoms with van der Waals surface area (Å²) in [4.78, 5) is 20.4. The molecule has 1 aromatic heterocycles. The third-order valence-corrected chi connectivity index (χ3v) is 4.31. The van der Waals surface area contributed by atoms with Gasteiger partial charge in [0.2, 0.25) is 0 Å². The van der Waals surface area contributed by atoms with Crippen LogP contribution in [-0.4, -0.2) is 60.3 Å². The molecular formula is C17H23N3O. The van der Waals surface area contributed by atoms with Gasteiger partial charge in [-0.25, -0.2) is 0 Å². The van der Waals surface area contributed by atoms with Crippen molar-refractivity contribution in [1.82, 2.24) is 14.8 Å². The van der Waals surface area contributed by atoms with Gasteiger partial charge in [0.1, 0.15) is 0 Å². The summed E-state index contributed by atoms with van der Waals surface area (Å²) in [6.07, 6.45) is 4.24. The maximum Gasteiger partial charge on any atom is 0.178 e. The first kappa shape index (κ1) is 14.3. The molecule has 2 aromatic rings. The summed E-state index contributed by atoms with van der Waals surface area (Å²) in [5.74, 6) is 0.220. The number of hydrogen-bond acceptors (Lipinski definition) is 3. The summed E-state index contributed by atoms with van der Waals surface area (Å²) in [5.41, 5.74) is 1.85. The van der Waals surface area contributed by atoms with Gasteiger partial charge in [-0.05, 0) is 39.5 Å².